The molecule has 2 aromatic heterocycles. The summed E-state index contributed by atoms with van der Waals surface area (Å²) in [5.74, 6) is -4.31. The van der Waals surface area contributed by atoms with Crippen LogP contribution in [0.2, 0.25) is 0 Å². The van der Waals surface area contributed by atoms with Crippen LogP contribution in [0.3, 0.4) is 0 Å². The van der Waals surface area contributed by atoms with Gasteiger partial charge in [0, 0.05) is 24.9 Å². The van der Waals surface area contributed by atoms with Gasteiger partial charge in [0.25, 0.3) is 17.7 Å². The van der Waals surface area contributed by atoms with Crippen molar-refractivity contribution in [1.29, 1.82) is 0 Å². The van der Waals surface area contributed by atoms with Crippen molar-refractivity contribution in [2.24, 2.45) is 39.2 Å². The van der Waals surface area contributed by atoms with Crippen molar-refractivity contribution in [3.63, 3.8) is 0 Å². The number of hydrogen-bond donors (Lipinski definition) is 10. The van der Waals surface area contributed by atoms with Gasteiger partial charge in [-0.05, 0) is 81.8 Å². The van der Waals surface area contributed by atoms with Crippen LogP contribution in [0.5, 0.6) is 0 Å². The number of aromatic amines is 2. The number of nitrogens with two attached hydrogens (primary N) is 2. The summed E-state index contributed by atoms with van der Waals surface area (Å²) in [6.45, 7) is -0.182. The number of carbonyl (C=O) groups excluding carboxylic acids is 3. The van der Waals surface area contributed by atoms with Gasteiger partial charge in [-0.15, -0.1) is 0 Å². The number of nitrogens with one attached hydrogen (secondary N) is 6. The van der Waals surface area contributed by atoms with E-state index >= 15 is 0 Å². The fraction of sp³-hybridized carbons (Fsp3) is 0.409. The van der Waals surface area contributed by atoms with Gasteiger partial charge in [0.15, 0.2) is 18.1 Å². The lowest BCUT2D eigenvalue weighted by Crippen LogP contribution is -2.65. The Morgan fingerprint density at radius 1 is 0.902 bits per heavy atom. The van der Waals surface area contributed by atoms with Crippen LogP contribution >= 0.6 is 63.7 Å². The lowest BCUT2D eigenvalue weighted by atomic mass is 9.76. The van der Waals surface area contributed by atoms with Gasteiger partial charge in [-0.25, -0.2) is 9.98 Å². The van der Waals surface area contributed by atoms with Gasteiger partial charge in [-0.2, -0.15) is 0 Å². The molecule has 41 heavy (non-hydrogen) atoms. The number of aliphatic imine (C=N–C) groups is 2. The number of guanidine groups is 2. The van der Waals surface area contributed by atoms with E-state index in [0.717, 1.165) is 0 Å². The molecular formula is C22H24Br4N10O5. The van der Waals surface area contributed by atoms with Gasteiger partial charge < -0.3 is 47.6 Å². The molecule has 15 nitrogen and oxygen atoms in total. The van der Waals surface area contributed by atoms with Gasteiger partial charge in [-0.1, -0.05) is 0 Å². The largest absolute Gasteiger partial charge is 0.390 e. The van der Waals surface area contributed by atoms with Crippen molar-refractivity contribution in [3.8, 4) is 0 Å². The minimum atomic E-state index is -1.68. The third-order valence-electron chi connectivity index (χ3n) is 7.57. The molecule has 0 bridgehead atoms. The predicted molar refractivity (Wildman–Crippen MR) is 161 cm³/mol. The van der Waals surface area contributed by atoms with E-state index in [-0.39, 0.29) is 36.4 Å². The minimum absolute atomic E-state index is 0.0792. The summed E-state index contributed by atoms with van der Waals surface area (Å²) in [6.07, 6.45) is -2.98. The zero-order chi connectivity index (χ0) is 29.8. The van der Waals surface area contributed by atoms with Crippen molar-refractivity contribution in [3.05, 3.63) is 41.7 Å². The highest BCUT2D eigenvalue weighted by atomic mass is 79.9. The molecule has 0 saturated heterocycles. The van der Waals surface area contributed by atoms with Crippen LogP contribution < -0.4 is 32.7 Å². The number of H-pyrrole nitrogens is 2. The highest BCUT2D eigenvalue weighted by molar-refractivity contribution is 9.13. The molecule has 1 spiro atoms. The van der Waals surface area contributed by atoms with E-state index in [9.17, 15) is 24.6 Å². The summed E-state index contributed by atoms with van der Waals surface area (Å²) in [5.41, 5.74) is 10.5. The standard InChI is InChI=1S/C22H24Br4N10O5/c23-7-1-9(31-14(7)25)16(38)29-3-5-6(4-30-17(39)10-2-8(24)15(26)32-10)13(37)22(19(41)35-21(28)36-22)11(5)12-18(40)34-20(27)33-12/h1-2,5-6,11-13,19,31-32,37,41H,3-4H2,(H,29,38)(H,30,39)(H3,28,35,36)(H3,27,33,34,40). The van der Waals surface area contributed by atoms with Crippen molar-refractivity contribution in [1.82, 2.24) is 31.2 Å². The fourth-order valence-electron chi connectivity index (χ4n) is 5.83. The molecule has 0 aromatic carbocycles. The van der Waals surface area contributed by atoms with Gasteiger partial charge in [-0.3, -0.25) is 19.7 Å². The number of carbonyl (C=O) groups is 3. The van der Waals surface area contributed by atoms with E-state index in [1.54, 1.807) is 12.1 Å². The predicted octanol–water partition coefficient (Wildman–Crippen LogP) is -0.436. The first-order chi connectivity index (χ1) is 19.3. The molecule has 7 unspecified atom stereocenters. The van der Waals surface area contributed by atoms with Crippen LogP contribution in [0.15, 0.2) is 40.3 Å². The second kappa shape index (κ2) is 11.3. The van der Waals surface area contributed by atoms with E-state index < -0.39 is 59.4 Å². The number of aromatic nitrogens is 2. The molecule has 4 heterocycles. The van der Waals surface area contributed by atoms with Crippen LogP contribution in [-0.4, -0.2) is 86.8 Å². The molecule has 1 fully saturated rings. The first-order valence-electron chi connectivity index (χ1n) is 12.1. The number of hydrogen-bond acceptors (Lipinski definition) is 10. The highest BCUT2D eigenvalue weighted by Gasteiger charge is 2.68. The van der Waals surface area contributed by atoms with E-state index in [0.29, 0.717) is 18.2 Å². The average Bonchev–Trinajstić information content (AvgIpc) is 3.66. The number of nitrogens with zero attached hydrogens (tertiary/aromatic N) is 2. The molecule has 0 radical (unpaired) electrons. The summed E-state index contributed by atoms with van der Waals surface area (Å²) in [7, 11) is 0. The van der Waals surface area contributed by atoms with E-state index in [1.165, 1.54) is 0 Å². The third kappa shape index (κ3) is 5.31. The number of aliphatic hydroxyl groups is 2. The monoisotopic (exact) mass is 824 g/mol. The summed E-state index contributed by atoms with van der Waals surface area (Å²) in [4.78, 5) is 53.0. The van der Waals surface area contributed by atoms with Crippen LogP contribution in [0.25, 0.3) is 0 Å². The smallest absolute Gasteiger partial charge is 0.267 e. The highest BCUT2D eigenvalue weighted by Crippen LogP contribution is 2.50. The van der Waals surface area contributed by atoms with Gasteiger partial charge >= 0.3 is 0 Å². The SMILES string of the molecule is NC1=NC(C2C(CNC(=O)c3cc(Br)c(Br)[nH]3)C(CNC(=O)c3cc(Br)c(Br)[nH]3)C(O)C23NC(N)=NC3O)C(=O)N1. The number of aliphatic hydroxyl groups excluding tert-OH is 2. The van der Waals surface area contributed by atoms with E-state index in [1.807, 2.05) is 0 Å². The Morgan fingerprint density at radius 3 is 1.85 bits per heavy atom. The normalized spacial score (nSPS) is 30.6. The zero-order valence-corrected chi connectivity index (χ0v) is 27.1. The maximum atomic E-state index is 13.1. The molecule has 220 valence electrons. The average molecular weight is 828 g/mol. The summed E-state index contributed by atoms with van der Waals surface area (Å²) in [5, 5.41) is 33.8. The van der Waals surface area contributed by atoms with Crippen LogP contribution in [-0.2, 0) is 4.79 Å². The Labute approximate surface area is 265 Å². The Bertz CT molecular complexity index is 1440. The molecule has 5 rings (SSSR count). The van der Waals surface area contributed by atoms with Crippen LogP contribution in [0.4, 0.5) is 0 Å². The molecule has 2 aromatic rings. The van der Waals surface area contributed by atoms with Crippen LogP contribution in [0, 0.1) is 17.8 Å². The first kappa shape index (κ1) is 30.0. The Balaban J connectivity index is 1.49. The maximum absolute atomic E-state index is 13.1. The Morgan fingerprint density at radius 2 is 1.44 bits per heavy atom. The molecule has 2 aliphatic heterocycles. The zero-order valence-electron chi connectivity index (χ0n) is 20.7. The Kier molecular flexibility index (Phi) is 8.29. The van der Waals surface area contributed by atoms with Crippen LogP contribution in [0.1, 0.15) is 21.0 Å². The van der Waals surface area contributed by atoms with Crippen molar-refractivity contribution < 1.29 is 24.6 Å². The molecule has 1 saturated carbocycles. The molecule has 7 atom stereocenters. The second-order valence-corrected chi connectivity index (χ2v) is 13.1. The minimum Gasteiger partial charge on any atom is -0.390 e. The quantitative estimate of drug-likeness (QED) is 0.175. The molecular weight excluding hydrogens is 804 g/mol. The molecule has 1 aliphatic carbocycles. The third-order valence-corrected chi connectivity index (χ3v) is 11.1. The maximum Gasteiger partial charge on any atom is 0.267 e. The van der Waals surface area contributed by atoms with Gasteiger partial charge in [0.1, 0.15) is 23.0 Å². The lowest BCUT2D eigenvalue weighted by Gasteiger charge is -2.39. The second-order valence-electron chi connectivity index (χ2n) is 9.80. The fourth-order valence-corrected chi connectivity index (χ4v) is 7.14. The van der Waals surface area contributed by atoms with Crippen molar-refractivity contribution in [2.75, 3.05) is 13.1 Å². The summed E-state index contributed by atoms with van der Waals surface area (Å²) >= 11 is 13.2. The Hall–Kier alpha value is -2.45. The molecule has 19 heteroatoms. The molecule has 3 aliphatic rings. The number of halogens is 4. The molecule has 12 N–H and O–H groups in total. The van der Waals surface area contributed by atoms with E-state index in [4.69, 9.17) is 11.5 Å². The topological polar surface area (TPSA) is 248 Å². The molecule has 3 amide bonds. The number of amides is 3. The van der Waals surface area contributed by atoms with Crippen molar-refractivity contribution >= 4 is 93.4 Å². The van der Waals surface area contributed by atoms with Gasteiger partial charge in [0.05, 0.1) is 24.3 Å². The van der Waals surface area contributed by atoms with E-state index in [2.05, 4.69) is 105 Å². The summed E-state index contributed by atoms with van der Waals surface area (Å²) < 4.78 is 2.41. The van der Waals surface area contributed by atoms with Crippen molar-refractivity contribution in [2.45, 2.75) is 23.9 Å². The lowest BCUT2D eigenvalue weighted by molar-refractivity contribution is -0.123. The van der Waals surface area contributed by atoms with Gasteiger partial charge in [0.2, 0.25) is 0 Å². The summed E-state index contributed by atoms with van der Waals surface area (Å²) in [6, 6.07) is 1.99. The number of rotatable bonds is 7. The first-order valence-corrected chi connectivity index (χ1v) is 15.3.